The predicted octanol–water partition coefficient (Wildman–Crippen LogP) is 3.19. The van der Waals surface area contributed by atoms with Gasteiger partial charge in [-0.1, -0.05) is 31.5 Å². The fourth-order valence-corrected chi connectivity index (χ4v) is 2.60. The minimum Gasteiger partial charge on any atom is -0.349 e. The molecular weight excluding hydrogens is 290 g/mol. The van der Waals surface area contributed by atoms with E-state index in [0.717, 1.165) is 18.5 Å². The lowest BCUT2D eigenvalue weighted by atomic mass is 10.1. The molecule has 4 nitrogen and oxygen atoms in total. The van der Waals surface area contributed by atoms with Crippen LogP contribution in [-0.2, 0) is 14.3 Å². The van der Waals surface area contributed by atoms with E-state index < -0.39 is 5.38 Å². The van der Waals surface area contributed by atoms with Crippen LogP contribution in [0.4, 0.5) is 5.69 Å². The SMILES string of the molecule is CCCC1OCOC1CN(C(=O)C(C)Cl)c1ccccc1. The first kappa shape index (κ1) is 16.3. The zero-order valence-corrected chi connectivity index (χ0v) is 13.3. The number of hydrogen-bond acceptors (Lipinski definition) is 3. The number of hydrogen-bond donors (Lipinski definition) is 0. The number of carbonyl (C=O) groups is 1. The minimum atomic E-state index is -0.572. The first-order valence-electron chi connectivity index (χ1n) is 7.37. The number of amides is 1. The number of anilines is 1. The molecule has 1 aliphatic heterocycles. The Balaban J connectivity index is 2.14. The van der Waals surface area contributed by atoms with Crippen LogP contribution in [0.1, 0.15) is 26.7 Å². The normalized spacial score (nSPS) is 23.0. The summed E-state index contributed by atoms with van der Waals surface area (Å²) in [5.41, 5.74) is 0.834. The van der Waals surface area contributed by atoms with Crippen molar-refractivity contribution in [1.29, 1.82) is 0 Å². The zero-order valence-electron chi connectivity index (χ0n) is 12.5. The van der Waals surface area contributed by atoms with Gasteiger partial charge in [-0.3, -0.25) is 4.79 Å². The first-order valence-corrected chi connectivity index (χ1v) is 7.80. The van der Waals surface area contributed by atoms with Crippen LogP contribution < -0.4 is 4.90 Å². The molecule has 3 unspecified atom stereocenters. The quantitative estimate of drug-likeness (QED) is 0.757. The standard InChI is InChI=1S/C16H22ClNO3/c1-3-7-14-15(21-11-20-14)10-18(16(19)12(2)17)13-8-5-4-6-9-13/h4-6,8-9,12,14-15H,3,7,10-11H2,1-2H3. The van der Waals surface area contributed by atoms with Gasteiger partial charge in [0.2, 0.25) is 5.91 Å². The van der Waals surface area contributed by atoms with Gasteiger partial charge in [0.25, 0.3) is 0 Å². The molecule has 1 saturated heterocycles. The maximum Gasteiger partial charge on any atom is 0.244 e. The topological polar surface area (TPSA) is 38.8 Å². The molecule has 1 aliphatic rings. The summed E-state index contributed by atoms with van der Waals surface area (Å²) in [6.07, 6.45) is 1.89. The molecule has 116 valence electrons. The summed E-state index contributed by atoms with van der Waals surface area (Å²) in [7, 11) is 0. The maximum atomic E-state index is 12.4. The van der Waals surface area contributed by atoms with Crippen molar-refractivity contribution in [3.8, 4) is 0 Å². The molecular formula is C16H22ClNO3. The summed E-state index contributed by atoms with van der Waals surface area (Å²) in [6.45, 7) is 4.56. The molecule has 1 heterocycles. The van der Waals surface area contributed by atoms with E-state index in [9.17, 15) is 4.79 Å². The summed E-state index contributed by atoms with van der Waals surface area (Å²) in [4.78, 5) is 14.1. The second-order valence-corrected chi connectivity index (χ2v) is 5.87. The molecule has 1 aromatic carbocycles. The third kappa shape index (κ3) is 4.19. The van der Waals surface area contributed by atoms with Gasteiger partial charge in [-0.05, 0) is 25.5 Å². The molecule has 1 amide bonds. The highest BCUT2D eigenvalue weighted by molar-refractivity contribution is 6.32. The van der Waals surface area contributed by atoms with E-state index in [-0.39, 0.29) is 18.1 Å². The number of halogens is 1. The second kappa shape index (κ2) is 7.78. The van der Waals surface area contributed by atoms with Gasteiger partial charge in [-0.15, -0.1) is 11.6 Å². The van der Waals surface area contributed by atoms with Gasteiger partial charge in [-0.2, -0.15) is 0 Å². The first-order chi connectivity index (χ1) is 10.1. The molecule has 0 N–H and O–H groups in total. The van der Waals surface area contributed by atoms with Crippen LogP contribution in [0.5, 0.6) is 0 Å². The van der Waals surface area contributed by atoms with E-state index in [1.54, 1.807) is 11.8 Å². The smallest absolute Gasteiger partial charge is 0.244 e. The molecule has 1 aromatic rings. The van der Waals surface area contributed by atoms with E-state index in [4.69, 9.17) is 21.1 Å². The lowest BCUT2D eigenvalue weighted by molar-refractivity contribution is -0.118. The van der Waals surface area contributed by atoms with Crippen molar-refractivity contribution in [2.75, 3.05) is 18.2 Å². The highest BCUT2D eigenvalue weighted by Gasteiger charge is 2.33. The molecule has 3 atom stereocenters. The molecule has 0 radical (unpaired) electrons. The van der Waals surface area contributed by atoms with Crippen molar-refractivity contribution in [2.45, 2.75) is 44.3 Å². The summed E-state index contributed by atoms with van der Waals surface area (Å²) in [5, 5.41) is -0.572. The van der Waals surface area contributed by atoms with Crippen molar-refractivity contribution in [3.63, 3.8) is 0 Å². The van der Waals surface area contributed by atoms with E-state index in [2.05, 4.69) is 6.92 Å². The van der Waals surface area contributed by atoms with Gasteiger partial charge in [0.15, 0.2) is 0 Å². The van der Waals surface area contributed by atoms with Crippen LogP contribution in [0.3, 0.4) is 0 Å². The lowest BCUT2D eigenvalue weighted by Gasteiger charge is -2.28. The Morgan fingerprint density at radius 1 is 1.33 bits per heavy atom. The van der Waals surface area contributed by atoms with Gasteiger partial charge >= 0.3 is 0 Å². The number of para-hydroxylation sites is 1. The Labute approximate surface area is 131 Å². The van der Waals surface area contributed by atoms with Crippen molar-refractivity contribution < 1.29 is 14.3 Å². The summed E-state index contributed by atoms with van der Waals surface area (Å²) < 4.78 is 11.2. The maximum absolute atomic E-state index is 12.4. The van der Waals surface area contributed by atoms with Gasteiger partial charge < -0.3 is 14.4 Å². The Hall–Kier alpha value is -1.10. The Bertz CT molecular complexity index is 452. The third-order valence-corrected chi connectivity index (χ3v) is 3.78. The molecule has 5 heteroatoms. The highest BCUT2D eigenvalue weighted by Crippen LogP contribution is 2.23. The number of carbonyl (C=O) groups excluding carboxylic acids is 1. The number of alkyl halides is 1. The monoisotopic (exact) mass is 311 g/mol. The predicted molar refractivity (Wildman–Crippen MR) is 83.6 cm³/mol. The average Bonchev–Trinajstić information content (AvgIpc) is 2.92. The van der Waals surface area contributed by atoms with Crippen molar-refractivity contribution in [3.05, 3.63) is 30.3 Å². The van der Waals surface area contributed by atoms with Crippen LogP contribution in [0.2, 0.25) is 0 Å². The molecule has 0 saturated carbocycles. The zero-order chi connectivity index (χ0) is 15.2. The summed E-state index contributed by atoms with van der Waals surface area (Å²) in [5.74, 6) is -0.117. The molecule has 0 aromatic heterocycles. The van der Waals surface area contributed by atoms with Crippen molar-refractivity contribution in [1.82, 2.24) is 0 Å². The highest BCUT2D eigenvalue weighted by atomic mass is 35.5. The summed E-state index contributed by atoms with van der Waals surface area (Å²) in [6, 6.07) is 9.54. The fraction of sp³-hybridized carbons (Fsp3) is 0.562. The van der Waals surface area contributed by atoms with Crippen LogP contribution in [-0.4, -0.2) is 36.8 Å². The van der Waals surface area contributed by atoms with Crippen LogP contribution >= 0.6 is 11.6 Å². The van der Waals surface area contributed by atoms with E-state index in [1.165, 1.54) is 0 Å². The molecule has 2 rings (SSSR count). The minimum absolute atomic E-state index is 0.0413. The van der Waals surface area contributed by atoms with Gasteiger partial charge in [0, 0.05) is 5.69 Å². The number of nitrogens with zero attached hydrogens (tertiary/aromatic N) is 1. The Morgan fingerprint density at radius 3 is 2.62 bits per heavy atom. The fourth-order valence-electron chi connectivity index (χ4n) is 2.48. The van der Waals surface area contributed by atoms with E-state index in [1.807, 2.05) is 30.3 Å². The molecule has 21 heavy (non-hydrogen) atoms. The molecule has 1 fully saturated rings. The van der Waals surface area contributed by atoms with Crippen LogP contribution in [0.15, 0.2) is 30.3 Å². The van der Waals surface area contributed by atoms with E-state index in [0.29, 0.717) is 13.3 Å². The van der Waals surface area contributed by atoms with Gasteiger partial charge in [0.1, 0.15) is 18.3 Å². The van der Waals surface area contributed by atoms with Crippen LogP contribution in [0.25, 0.3) is 0 Å². The number of rotatable bonds is 6. The second-order valence-electron chi connectivity index (χ2n) is 5.22. The van der Waals surface area contributed by atoms with Crippen molar-refractivity contribution >= 4 is 23.2 Å². The molecule has 0 aliphatic carbocycles. The van der Waals surface area contributed by atoms with Crippen molar-refractivity contribution in [2.24, 2.45) is 0 Å². The Kier molecular flexibility index (Phi) is 6.03. The third-order valence-electron chi connectivity index (χ3n) is 3.59. The lowest BCUT2D eigenvalue weighted by Crippen LogP contribution is -2.44. The number of benzene rings is 1. The summed E-state index contributed by atoms with van der Waals surface area (Å²) >= 11 is 5.99. The Morgan fingerprint density at radius 2 is 2.00 bits per heavy atom. The number of ether oxygens (including phenoxy) is 2. The van der Waals surface area contributed by atoms with Gasteiger partial charge in [-0.25, -0.2) is 0 Å². The molecule has 0 spiro atoms. The average molecular weight is 312 g/mol. The van der Waals surface area contributed by atoms with Crippen LogP contribution in [0, 0.1) is 0 Å². The van der Waals surface area contributed by atoms with Gasteiger partial charge in [0.05, 0.1) is 12.6 Å². The largest absolute Gasteiger partial charge is 0.349 e. The molecule has 0 bridgehead atoms. The van der Waals surface area contributed by atoms with E-state index >= 15 is 0 Å².